The molecule has 0 unspecified atom stereocenters. The van der Waals surface area contributed by atoms with Gasteiger partial charge in [-0.25, -0.2) is 4.79 Å². The molecule has 0 saturated carbocycles. The largest absolute Gasteiger partial charge is 0.342 e. The van der Waals surface area contributed by atoms with Gasteiger partial charge in [0.15, 0.2) is 0 Å². The van der Waals surface area contributed by atoms with Gasteiger partial charge in [-0.3, -0.25) is 0 Å². The van der Waals surface area contributed by atoms with E-state index in [2.05, 4.69) is 5.29 Å². The lowest BCUT2D eigenvalue weighted by Gasteiger charge is -2.12. The first-order valence-corrected chi connectivity index (χ1v) is 2.38. The zero-order chi connectivity index (χ0) is 7.44. The highest BCUT2D eigenvalue weighted by atomic mass is 16.3. The number of nitrogens with zero attached hydrogens (tertiary/aromatic N) is 3. The van der Waals surface area contributed by atoms with E-state index in [1.54, 1.807) is 14.1 Å². The van der Waals surface area contributed by atoms with E-state index < -0.39 is 6.03 Å². The summed E-state index contributed by atoms with van der Waals surface area (Å²) in [5.74, 6) is 0. The second kappa shape index (κ2) is 3.01. The molecule has 0 rings (SSSR count). The van der Waals surface area contributed by atoms with Crippen molar-refractivity contribution in [3.05, 3.63) is 4.91 Å². The topological polar surface area (TPSA) is 53.0 Å². The Morgan fingerprint density at radius 3 is 1.89 bits per heavy atom. The molecule has 0 aliphatic heterocycles. The van der Waals surface area contributed by atoms with Crippen molar-refractivity contribution in [3.8, 4) is 0 Å². The summed E-state index contributed by atoms with van der Waals surface area (Å²) >= 11 is 0. The number of carbonyl (C=O) groups excluding carboxylic acids is 1. The van der Waals surface area contributed by atoms with E-state index in [0.29, 0.717) is 0 Å². The number of nitroso groups, excluding NO2 is 1. The highest BCUT2D eigenvalue weighted by Crippen LogP contribution is 1.88. The molecule has 0 aliphatic rings. The molecule has 9 heavy (non-hydrogen) atoms. The second-order valence-corrected chi connectivity index (χ2v) is 1.78. The molecule has 0 heterocycles. The van der Waals surface area contributed by atoms with Crippen LogP contribution in [-0.2, 0) is 0 Å². The van der Waals surface area contributed by atoms with Gasteiger partial charge in [0.1, 0.15) is 0 Å². The van der Waals surface area contributed by atoms with Gasteiger partial charge in [0.2, 0.25) is 0 Å². The zero-order valence-electron chi connectivity index (χ0n) is 5.66. The Hall–Kier alpha value is -1.13. The Morgan fingerprint density at radius 2 is 1.78 bits per heavy atom. The molecule has 0 atom stereocenters. The summed E-state index contributed by atoms with van der Waals surface area (Å²) in [5, 5.41) is 3.12. The number of hydrogen-bond acceptors (Lipinski definition) is 3. The summed E-state index contributed by atoms with van der Waals surface area (Å²) in [7, 11) is 4.39. The van der Waals surface area contributed by atoms with Gasteiger partial charge >= 0.3 is 6.03 Å². The molecule has 0 aromatic carbocycles. The maximum Gasteiger partial charge on any atom is 0.342 e. The van der Waals surface area contributed by atoms with Crippen LogP contribution in [0, 0.1) is 4.91 Å². The zero-order valence-corrected chi connectivity index (χ0v) is 5.66. The van der Waals surface area contributed by atoms with E-state index in [-0.39, 0.29) is 0 Å². The van der Waals surface area contributed by atoms with Crippen LogP contribution >= 0.6 is 0 Å². The Balaban J connectivity index is 3.87. The maximum atomic E-state index is 10.6. The Labute approximate surface area is 53.2 Å². The SMILES string of the molecule is CN(C)C(=O)N(C)N=O. The quantitative estimate of drug-likeness (QED) is 0.379. The van der Waals surface area contributed by atoms with Crippen LogP contribution in [0.5, 0.6) is 0 Å². The summed E-state index contributed by atoms with van der Waals surface area (Å²) in [6.45, 7) is 0. The van der Waals surface area contributed by atoms with Crippen molar-refractivity contribution in [1.82, 2.24) is 9.91 Å². The van der Waals surface area contributed by atoms with Gasteiger partial charge in [-0.2, -0.15) is 5.01 Å². The standard InChI is InChI=1S/C4H9N3O2/c1-6(2)4(8)7(3)5-9/h1-3H3. The average molecular weight is 131 g/mol. The van der Waals surface area contributed by atoms with Crippen LogP contribution in [0.25, 0.3) is 0 Å². The highest BCUT2D eigenvalue weighted by molar-refractivity contribution is 5.72. The van der Waals surface area contributed by atoms with Crippen LogP contribution in [0.1, 0.15) is 0 Å². The molecule has 2 amide bonds. The predicted octanol–water partition coefficient (Wildman–Crippen LogP) is 0.281. The first kappa shape index (κ1) is 7.87. The van der Waals surface area contributed by atoms with Gasteiger partial charge in [0.25, 0.3) is 0 Å². The predicted molar refractivity (Wildman–Crippen MR) is 32.6 cm³/mol. The summed E-state index contributed by atoms with van der Waals surface area (Å²) < 4.78 is 0. The summed E-state index contributed by atoms with van der Waals surface area (Å²) in [5.41, 5.74) is 0. The molecule has 0 saturated heterocycles. The summed E-state index contributed by atoms with van der Waals surface area (Å²) in [6, 6.07) is -0.426. The van der Waals surface area contributed by atoms with Crippen molar-refractivity contribution in [1.29, 1.82) is 0 Å². The van der Waals surface area contributed by atoms with Crippen molar-refractivity contribution in [2.45, 2.75) is 0 Å². The molecule has 0 bridgehead atoms. The van der Waals surface area contributed by atoms with Crippen molar-refractivity contribution in [3.63, 3.8) is 0 Å². The van der Waals surface area contributed by atoms with Gasteiger partial charge in [0, 0.05) is 21.1 Å². The minimum atomic E-state index is -0.426. The van der Waals surface area contributed by atoms with E-state index in [4.69, 9.17) is 0 Å². The van der Waals surface area contributed by atoms with E-state index in [9.17, 15) is 9.70 Å². The van der Waals surface area contributed by atoms with Crippen molar-refractivity contribution in [2.24, 2.45) is 5.29 Å². The number of urea groups is 1. The molecule has 0 spiro atoms. The van der Waals surface area contributed by atoms with Gasteiger partial charge in [-0.05, 0) is 0 Å². The second-order valence-electron chi connectivity index (χ2n) is 1.78. The molecular weight excluding hydrogens is 122 g/mol. The third-order valence-corrected chi connectivity index (χ3v) is 0.782. The number of amides is 2. The fraction of sp³-hybridized carbons (Fsp3) is 0.750. The van der Waals surface area contributed by atoms with Crippen LogP contribution < -0.4 is 0 Å². The van der Waals surface area contributed by atoms with E-state index >= 15 is 0 Å². The fourth-order valence-electron chi connectivity index (χ4n) is 0.324. The Kier molecular flexibility index (Phi) is 2.63. The molecule has 0 fully saturated rings. The monoisotopic (exact) mass is 131 g/mol. The molecule has 0 aromatic heterocycles. The number of carbonyl (C=O) groups is 1. The van der Waals surface area contributed by atoms with Crippen molar-refractivity contribution >= 4 is 6.03 Å². The van der Waals surface area contributed by atoms with E-state index in [1.807, 2.05) is 0 Å². The molecule has 0 aliphatic carbocycles. The van der Waals surface area contributed by atoms with E-state index in [0.717, 1.165) is 5.01 Å². The third kappa shape index (κ3) is 2.07. The van der Waals surface area contributed by atoms with Crippen LogP contribution in [0.15, 0.2) is 5.29 Å². The smallest absolute Gasteiger partial charge is 0.329 e. The first-order chi connectivity index (χ1) is 4.09. The Morgan fingerprint density at radius 1 is 1.33 bits per heavy atom. The maximum absolute atomic E-state index is 10.6. The van der Waals surface area contributed by atoms with Crippen molar-refractivity contribution < 1.29 is 4.79 Å². The van der Waals surface area contributed by atoms with E-state index in [1.165, 1.54) is 11.9 Å². The lowest BCUT2D eigenvalue weighted by atomic mass is 10.8. The van der Waals surface area contributed by atoms with Crippen LogP contribution in [-0.4, -0.2) is 37.1 Å². The Bertz CT molecular complexity index is 123. The minimum Gasteiger partial charge on any atom is -0.329 e. The molecule has 0 aromatic rings. The first-order valence-electron chi connectivity index (χ1n) is 2.38. The highest BCUT2D eigenvalue weighted by Gasteiger charge is 2.08. The molecular formula is C4H9N3O2. The van der Waals surface area contributed by atoms with Crippen molar-refractivity contribution in [2.75, 3.05) is 21.1 Å². The van der Waals surface area contributed by atoms with Crippen LogP contribution in [0.3, 0.4) is 0 Å². The van der Waals surface area contributed by atoms with Gasteiger partial charge < -0.3 is 4.90 Å². The molecule has 5 nitrogen and oxygen atoms in total. The number of rotatable bonds is 1. The van der Waals surface area contributed by atoms with Crippen LogP contribution in [0.4, 0.5) is 4.79 Å². The third-order valence-electron chi connectivity index (χ3n) is 0.782. The molecule has 5 heteroatoms. The van der Waals surface area contributed by atoms with Gasteiger partial charge in [-0.1, -0.05) is 0 Å². The van der Waals surface area contributed by atoms with Gasteiger partial charge in [0.05, 0.1) is 5.29 Å². The minimum absolute atomic E-state index is 0.426. The normalized spacial score (nSPS) is 8.33. The fourth-order valence-corrected chi connectivity index (χ4v) is 0.324. The lowest BCUT2D eigenvalue weighted by molar-refractivity contribution is 0.183. The average Bonchev–Trinajstić information content (AvgIpc) is 1.84. The summed E-state index contributed by atoms with van der Waals surface area (Å²) in [4.78, 5) is 21.6. The summed E-state index contributed by atoms with van der Waals surface area (Å²) in [6.07, 6.45) is 0. The number of hydrogen-bond donors (Lipinski definition) is 0. The van der Waals surface area contributed by atoms with Crippen LogP contribution in [0.2, 0.25) is 0 Å². The molecule has 52 valence electrons. The molecule has 0 N–H and O–H groups in total. The molecule has 0 radical (unpaired) electrons. The lowest BCUT2D eigenvalue weighted by Crippen LogP contribution is -2.32. The van der Waals surface area contributed by atoms with Gasteiger partial charge in [-0.15, -0.1) is 4.91 Å².